The number of nitrogens with zero attached hydrogens (tertiary/aromatic N) is 3. The maximum Gasteiger partial charge on any atom is 0.251 e. The summed E-state index contributed by atoms with van der Waals surface area (Å²) >= 11 is 6.16. The van der Waals surface area contributed by atoms with Crippen LogP contribution in [0.15, 0.2) is 42.5 Å². The summed E-state index contributed by atoms with van der Waals surface area (Å²) in [6, 6.07) is 12.5. The van der Waals surface area contributed by atoms with Crippen LogP contribution in [0.2, 0.25) is 5.02 Å². The molecular formula is C22H24ClN3O3. The predicted octanol–water partition coefficient (Wildman–Crippen LogP) is 3.11. The monoisotopic (exact) mass is 413 g/mol. The van der Waals surface area contributed by atoms with Crippen molar-refractivity contribution in [2.45, 2.75) is 19.4 Å². The van der Waals surface area contributed by atoms with E-state index in [1.165, 1.54) is 10.5 Å². The number of anilines is 2. The number of methoxy groups -OCH3 is 1. The molecule has 2 heterocycles. The molecule has 2 fully saturated rings. The quantitative estimate of drug-likeness (QED) is 0.721. The fraction of sp³-hybridized carbons (Fsp3) is 0.364. The molecule has 2 aliphatic rings. The van der Waals surface area contributed by atoms with Crippen molar-refractivity contribution in [3.05, 3.63) is 53.1 Å². The molecule has 6 nitrogen and oxygen atoms in total. The molecule has 2 saturated heterocycles. The molecule has 152 valence electrons. The van der Waals surface area contributed by atoms with Crippen molar-refractivity contribution in [3.8, 4) is 5.75 Å². The number of hydrogen-bond acceptors (Lipinski definition) is 5. The number of benzene rings is 2. The van der Waals surface area contributed by atoms with Gasteiger partial charge in [-0.3, -0.25) is 14.5 Å². The van der Waals surface area contributed by atoms with Gasteiger partial charge in [0.25, 0.3) is 5.91 Å². The number of carbonyl (C=O) groups excluding carboxylic acids is 2. The van der Waals surface area contributed by atoms with Crippen LogP contribution in [0, 0.1) is 6.92 Å². The van der Waals surface area contributed by atoms with Crippen molar-refractivity contribution in [2.75, 3.05) is 43.1 Å². The highest BCUT2D eigenvalue weighted by Crippen LogP contribution is 2.29. The van der Waals surface area contributed by atoms with Crippen LogP contribution in [0.25, 0.3) is 0 Å². The second-order valence-corrected chi connectivity index (χ2v) is 7.88. The van der Waals surface area contributed by atoms with Gasteiger partial charge in [-0.2, -0.15) is 0 Å². The van der Waals surface area contributed by atoms with Crippen molar-refractivity contribution < 1.29 is 14.3 Å². The number of halogens is 1. The summed E-state index contributed by atoms with van der Waals surface area (Å²) < 4.78 is 5.15. The van der Waals surface area contributed by atoms with Crippen LogP contribution >= 0.6 is 11.6 Å². The highest BCUT2D eigenvalue weighted by atomic mass is 35.5. The van der Waals surface area contributed by atoms with E-state index in [9.17, 15) is 9.59 Å². The van der Waals surface area contributed by atoms with E-state index in [-0.39, 0.29) is 18.2 Å². The molecule has 4 rings (SSSR count). The lowest BCUT2D eigenvalue weighted by Gasteiger charge is -2.38. The molecule has 29 heavy (non-hydrogen) atoms. The highest BCUT2D eigenvalue weighted by molar-refractivity contribution is 6.30. The summed E-state index contributed by atoms with van der Waals surface area (Å²) in [5, 5.41) is 0.722. The lowest BCUT2D eigenvalue weighted by molar-refractivity contribution is -0.123. The van der Waals surface area contributed by atoms with Crippen molar-refractivity contribution >= 4 is 34.8 Å². The molecule has 0 saturated carbocycles. The zero-order chi connectivity index (χ0) is 20.5. The Morgan fingerprint density at radius 1 is 1.00 bits per heavy atom. The van der Waals surface area contributed by atoms with Crippen molar-refractivity contribution in [2.24, 2.45) is 0 Å². The largest absolute Gasteiger partial charge is 0.497 e. The first-order valence-electron chi connectivity index (χ1n) is 9.74. The average Bonchev–Trinajstić information content (AvgIpc) is 3.04. The van der Waals surface area contributed by atoms with Crippen LogP contribution in [0.4, 0.5) is 11.4 Å². The molecular weight excluding hydrogens is 390 g/mol. The summed E-state index contributed by atoms with van der Waals surface area (Å²) in [4.78, 5) is 31.3. The van der Waals surface area contributed by atoms with E-state index < -0.39 is 6.04 Å². The molecule has 0 radical (unpaired) electrons. The average molecular weight is 414 g/mol. The molecule has 0 aliphatic carbocycles. The van der Waals surface area contributed by atoms with Gasteiger partial charge < -0.3 is 9.64 Å². The maximum atomic E-state index is 13.0. The van der Waals surface area contributed by atoms with Gasteiger partial charge in [0.1, 0.15) is 5.75 Å². The highest BCUT2D eigenvalue weighted by Gasteiger charge is 2.43. The zero-order valence-corrected chi connectivity index (χ0v) is 17.4. The van der Waals surface area contributed by atoms with E-state index >= 15 is 0 Å². The maximum absolute atomic E-state index is 13.0. The zero-order valence-electron chi connectivity index (χ0n) is 16.6. The lowest BCUT2D eigenvalue weighted by Crippen LogP contribution is -2.52. The van der Waals surface area contributed by atoms with E-state index in [0.29, 0.717) is 11.4 Å². The number of amides is 2. The van der Waals surface area contributed by atoms with Crippen molar-refractivity contribution in [1.29, 1.82) is 0 Å². The van der Waals surface area contributed by atoms with E-state index in [2.05, 4.69) is 16.7 Å². The number of ether oxygens (including phenoxy) is 1. The fourth-order valence-electron chi connectivity index (χ4n) is 4.10. The molecule has 2 aliphatic heterocycles. The van der Waals surface area contributed by atoms with Crippen LogP contribution in [0.1, 0.15) is 12.0 Å². The lowest BCUT2D eigenvalue weighted by atomic mass is 10.1. The molecule has 2 amide bonds. The summed E-state index contributed by atoms with van der Waals surface area (Å²) in [6.07, 6.45) is 0.223. The van der Waals surface area contributed by atoms with Gasteiger partial charge in [0.05, 0.1) is 25.3 Å². The minimum Gasteiger partial charge on any atom is -0.497 e. The topological polar surface area (TPSA) is 53.1 Å². The van der Waals surface area contributed by atoms with Crippen LogP contribution < -0.4 is 14.5 Å². The third kappa shape index (κ3) is 3.82. The van der Waals surface area contributed by atoms with E-state index in [1.54, 1.807) is 31.4 Å². The molecule has 0 aromatic heterocycles. The summed E-state index contributed by atoms with van der Waals surface area (Å²) in [7, 11) is 1.59. The second-order valence-electron chi connectivity index (χ2n) is 7.44. The number of aryl methyl sites for hydroxylation is 1. The number of rotatable bonds is 4. The second kappa shape index (κ2) is 8.05. The standard InChI is InChI=1S/C22H24ClN3O3/c1-15-3-4-16(23)13-19(15)24-9-11-25(12-10-24)20-14-21(27)26(22(20)28)17-5-7-18(29-2)8-6-17/h3-8,13,20H,9-12,14H2,1-2H3/t20-/m1/s1. The normalized spacial score (nSPS) is 20.4. The van der Waals surface area contributed by atoms with Gasteiger partial charge in [0.15, 0.2) is 0 Å². The number of hydrogen-bond donors (Lipinski definition) is 0. The van der Waals surface area contributed by atoms with E-state index in [4.69, 9.17) is 16.3 Å². The Balaban J connectivity index is 1.44. The first-order valence-corrected chi connectivity index (χ1v) is 10.1. The van der Waals surface area contributed by atoms with Gasteiger partial charge in [0.2, 0.25) is 5.91 Å². The molecule has 0 N–H and O–H groups in total. The van der Waals surface area contributed by atoms with Gasteiger partial charge in [-0.15, -0.1) is 0 Å². The Kier molecular flexibility index (Phi) is 5.48. The Morgan fingerprint density at radius 3 is 2.34 bits per heavy atom. The molecule has 0 unspecified atom stereocenters. The third-order valence-electron chi connectivity index (χ3n) is 5.72. The number of imide groups is 1. The van der Waals surface area contributed by atoms with Crippen molar-refractivity contribution in [1.82, 2.24) is 4.90 Å². The summed E-state index contributed by atoms with van der Waals surface area (Å²) in [5.74, 6) is 0.391. The van der Waals surface area contributed by atoms with E-state index in [0.717, 1.165) is 36.9 Å². The minimum atomic E-state index is -0.396. The van der Waals surface area contributed by atoms with Gasteiger partial charge >= 0.3 is 0 Å². The van der Waals surface area contributed by atoms with Gasteiger partial charge in [-0.1, -0.05) is 17.7 Å². The first-order chi connectivity index (χ1) is 14.0. The molecule has 2 aromatic rings. The number of carbonyl (C=O) groups is 2. The van der Waals surface area contributed by atoms with E-state index in [1.807, 2.05) is 18.2 Å². The van der Waals surface area contributed by atoms with Crippen molar-refractivity contribution in [3.63, 3.8) is 0 Å². The smallest absolute Gasteiger partial charge is 0.251 e. The minimum absolute atomic E-state index is 0.146. The Labute approximate surface area is 175 Å². The Hall–Kier alpha value is -2.57. The van der Waals surface area contributed by atoms with Gasteiger partial charge in [-0.25, -0.2) is 4.90 Å². The molecule has 0 bridgehead atoms. The molecule has 2 aromatic carbocycles. The van der Waals surface area contributed by atoms with Crippen LogP contribution in [0.3, 0.4) is 0 Å². The van der Waals surface area contributed by atoms with Gasteiger partial charge in [-0.05, 0) is 48.9 Å². The van der Waals surface area contributed by atoms with Crippen LogP contribution in [0.5, 0.6) is 5.75 Å². The Bertz CT molecular complexity index is 923. The van der Waals surface area contributed by atoms with Gasteiger partial charge in [0, 0.05) is 36.9 Å². The molecule has 1 atom stereocenters. The summed E-state index contributed by atoms with van der Waals surface area (Å²) in [6.45, 7) is 5.12. The number of piperazine rings is 1. The Morgan fingerprint density at radius 2 is 1.69 bits per heavy atom. The molecule has 7 heteroatoms. The van der Waals surface area contributed by atoms with Crippen LogP contribution in [-0.2, 0) is 9.59 Å². The third-order valence-corrected chi connectivity index (χ3v) is 5.96. The predicted molar refractivity (Wildman–Crippen MR) is 114 cm³/mol. The fourth-order valence-corrected chi connectivity index (χ4v) is 4.27. The summed E-state index contributed by atoms with van der Waals surface area (Å²) in [5.41, 5.74) is 2.91. The first kappa shape index (κ1) is 19.7. The SMILES string of the molecule is COc1ccc(N2C(=O)C[C@@H](N3CCN(c4cc(Cl)ccc4C)CC3)C2=O)cc1. The molecule has 0 spiro atoms. The van der Waals surface area contributed by atoms with Crippen LogP contribution in [-0.4, -0.2) is 56.0 Å².